The van der Waals surface area contributed by atoms with Crippen LogP contribution in [-0.4, -0.2) is 22.1 Å². The monoisotopic (exact) mass is 374 g/mol. The lowest BCUT2D eigenvalue weighted by Crippen LogP contribution is -2.17. The van der Waals surface area contributed by atoms with Crippen molar-refractivity contribution >= 4 is 34.8 Å². The fraction of sp³-hybridized carbons (Fsp3) is 0. The van der Waals surface area contributed by atoms with Gasteiger partial charge in [-0.05, 0) is 35.9 Å². The molecule has 0 unspecified atom stereocenters. The highest BCUT2D eigenvalue weighted by molar-refractivity contribution is 6.30. The van der Waals surface area contributed by atoms with Crippen LogP contribution in [0.1, 0.15) is 15.9 Å². The molecule has 27 heavy (non-hydrogen) atoms. The topological polar surface area (TPSA) is 70.1 Å². The van der Waals surface area contributed by atoms with Gasteiger partial charge in [-0.15, -0.1) is 0 Å². The van der Waals surface area contributed by atoms with Gasteiger partial charge < -0.3 is 4.98 Å². The number of hydrogen-bond donors (Lipinski definition) is 2. The number of nitrogens with zero attached hydrogens (tertiary/aromatic N) is 2. The van der Waals surface area contributed by atoms with Crippen molar-refractivity contribution < 1.29 is 4.79 Å². The molecule has 1 heterocycles. The number of nitrogens with one attached hydrogen (secondary N) is 2. The van der Waals surface area contributed by atoms with E-state index in [2.05, 4.69) is 20.5 Å². The van der Waals surface area contributed by atoms with Gasteiger partial charge in [-0.2, -0.15) is 5.10 Å². The Kier molecular flexibility index (Phi) is 4.68. The summed E-state index contributed by atoms with van der Waals surface area (Å²) in [7, 11) is 0. The number of H-pyrrole nitrogens is 1. The van der Waals surface area contributed by atoms with Crippen LogP contribution in [0, 0.1) is 0 Å². The van der Waals surface area contributed by atoms with Gasteiger partial charge in [0.05, 0.1) is 17.2 Å². The van der Waals surface area contributed by atoms with Crippen molar-refractivity contribution in [1.82, 2.24) is 15.4 Å². The summed E-state index contributed by atoms with van der Waals surface area (Å²) in [6, 6.07) is 22.3. The molecule has 0 saturated heterocycles. The number of rotatable bonds is 4. The molecule has 0 fully saturated rings. The molecule has 2 N–H and O–H groups in total. The minimum absolute atomic E-state index is 0.294. The van der Waals surface area contributed by atoms with Crippen LogP contribution in [0.3, 0.4) is 0 Å². The number of halogens is 1. The molecule has 0 aliphatic rings. The Bertz CT molecular complexity index is 1120. The van der Waals surface area contributed by atoms with Crippen LogP contribution in [0.4, 0.5) is 0 Å². The van der Waals surface area contributed by atoms with E-state index >= 15 is 0 Å². The second-order valence-corrected chi connectivity index (χ2v) is 6.37. The third-order valence-corrected chi connectivity index (χ3v) is 4.29. The lowest BCUT2D eigenvalue weighted by molar-refractivity contribution is 0.0955. The van der Waals surface area contributed by atoms with Gasteiger partial charge in [-0.25, -0.2) is 10.4 Å². The maximum Gasteiger partial charge on any atom is 0.271 e. The minimum atomic E-state index is -0.294. The van der Waals surface area contributed by atoms with Crippen LogP contribution in [0.15, 0.2) is 77.9 Å². The van der Waals surface area contributed by atoms with E-state index in [1.54, 1.807) is 30.5 Å². The molecule has 0 radical (unpaired) electrons. The second kappa shape index (κ2) is 7.43. The Labute approximate surface area is 160 Å². The lowest BCUT2D eigenvalue weighted by Gasteiger charge is -2.00. The van der Waals surface area contributed by atoms with E-state index in [0.29, 0.717) is 10.6 Å². The van der Waals surface area contributed by atoms with E-state index in [4.69, 9.17) is 11.6 Å². The van der Waals surface area contributed by atoms with Gasteiger partial charge in [0.15, 0.2) is 0 Å². The average Bonchev–Trinajstić information content (AvgIpc) is 3.13. The zero-order chi connectivity index (χ0) is 18.6. The predicted molar refractivity (Wildman–Crippen MR) is 108 cm³/mol. The highest BCUT2D eigenvalue weighted by Gasteiger charge is 2.09. The average molecular weight is 375 g/mol. The van der Waals surface area contributed by atoms with Gasteiger partial charge in [0.25, 0.3) is 5.91 Å². The summed E-state index contributed by atoms with van der Waals surface area (Å²) >= 11 is 5.84. The van der Waals surface area contributed by atoms with E-state index in [0.717, 1.165) is 28.0 Å². The summed E-state index contributed by atoms with van der Waals surface area (Å²) in [5, 5.41) is 4.64. The summed E-state index contributed by atoms with van der Waals surface area (Å²) < 4.78 is 0. The number of hydrazone groups is 1. The Hall–Kier alpha value is -3.44. The molecule has 1 aromatic heterocycles. The number of aromatic amines is 1. The highest BCUT2D eigenvalue weighted by Crippen LogP contribution is 2.21. The van der Waals surface area contributed by atoms with Crippen molar-refractivity contribution in [3.63, 3.8) is 0 Å². The maximum atomic E-state index is 12.3. The Balaban J connectivity index is 1.51. The zero-order valence-corrected chi connectivity index (χ0v) is 14.9. The first-order chi connectivity index (χ1) is 13.2. The SMILES string of the molecule is O=C(N/N=C/c1ccc(Cl)cc1)c1ccc2nc(-c3ccccc3)[nH]c2c1. The first-order valence-corrected chi connectivity index (χ1v) is 8.71. The molecule has 0 atom stereocenters. The fourth-order valence-electron chi connectivity index (χ4n) is 2.66. The minimum Gasteiger partial charge on any atom is -0.338 e. The molecule has 3 aromatic carbocycles. The quantitative estimate of drug-likeness (QED) is 0.403. The van der Waals surface area contributed by atoms with Crippen molar-refractivity contribution in [2.45, 2.75) is 0 Å². The molecule has 5 nitrogen and oxygen atoms in total. The summed E-state index contributed by atoms with van der Waals surface area (Å²) in [6.07, 6.45) is 1.57. The molecule has 4 rings (SSSR count). The molecule has 1 amide bonds. The lowest BCUT2D eigenvalue weighted by atomic mass is 10.2. The smallest absolute Gasteiger partial charge is 0.271 e. The Morgan fingerprint density at radius 3 is 2.59 bits per heavy atom. The summed E-state index contributed by atoms with van der Waals surface area (Å²) in [4.78, 5) is 20.1. The van der Waals surface area contributed by atoms with Gasteiger partial charge in [0.2, 0.25) is 0 Å². The van der Waals surface area contributed by atoms with Crippen molar-refractivity contribution in [3.05, 3.63) is 88.9 Å². The number of amides is 1. The van der Waals surface area contributed by atoms with Crippen molar-refractivity contribution in [2.24, 2.45) is 5.10 Å². The summed E-state index contributed by atoms with van der Waals surface area (Å²) in [5.74, 6) is 0.474. The Morgan fingerprint density at radius 1 is 1.04 bits per heavy atom. The number of benzene rings is 3. The predicted octanol–water partition coefficient (Wildman–Crippen LogP) is 4.65. The molecular formula is C21H15ClN4O. The molecule has 0 bridgehead atoms. The van der Waals surface area contributed by atoms with Crippen LogP contribution < -0.4 is 5.43 Å². The standard InChI is InChI=1S/C21H15ClN4O/c22-17-9-6-14(7-10-17)13-23-26-21(27)16-8-11-18-19(12-16)25-20(24-18)15-4-2-1-3-5-15/h1-13H,(H,24,25)(H,26,27)/b23-13+. The van der Waals surface area contributed by atoms with E-state index in [-0.39, 0.29) is 5.91 Å². The molecule has 0 spiro atoms. The molecular weight excluding hydrogens is 360 g/mol. The highest BCUT2D eigenvalue weighted by atomic mass is 35.5. The largest absolute Gasteiger partial charge is 0.338 e. The summed E-state index contributed by atoms with van der Waals surface area (Å²) in [5.41, 5.74) is 6.46. The van der Waals surface area contributed by atoms with Crippen molar-refractivity contribution in [3.8, 4) is 11.4 Å². The van der Waals surface area contributed by atoms with Crippen molar-refractivity contribution in [2.75, 3.05) is 0 Å². The van der Waals surface area contributed by atoms with Crippen LogP contribution in [0.25, 0.3) is 22.4 Å². The molecule has 0 aliphatic heterocycles. The van der Waals surface area contributed by atoms with Gasteiger partial charge >= 0.3 is 0 Å². The fourth-order valence-corrected chi connectivity index (χ4v) is 2.79. The number of hydrogen-bond acceptors (Lipinski definition) is 3. The van der Waals surface area contributed by atoms with Crippen LogP contribution in [-0.2, 0) is 0 Å². The second-order valence-electron chi connectivity index (χ2n) is 5.93. The van der Waals surface area contributed by atoms with Gasteiger partial charge in [0, 0.05) is 16.1 Å². The molecule has 132 valence electrons. The van der Waals surface area contributed by atoms with Crippen LogP contribution in [0.5, 0.6) is 0 Å². The first-order valence-electron chi connectivity index (χ1n) is 8.33. The summed E-state index contributed by atoms with van der Waals surface area (Å²) in [6.45, 7) is 0. The number of carbonyl (C=O) groups excluding carboxylic acids is 1. The Morgan fingerprint density at radius 2 is 1.81 bits per heavy atom. The van der Waals surface area contributed by atoms with Crippen LogP contribution in [0.2, 0.25) is 5.02 Å². The van der Waals surface area contributed by atoms with E-state index < -0.39 is 0 Å². The van der Waals surface area contributed by atoms with E-state index in [1.165, 1.54) is 0 Å². The number of aromatic nitrogens is 2. The third kappa shape index (κ3) is 3.88. The number of imidazole rings is 1. The zero-order valence-electron chi connectivity index (χ0n) is 14.2. The number of fused-ring (bicyclic) bond motifs is 1. The van der Waals surface area contributed by atoms with Gasteiger partial charge in [-0.3, -0.25) is 4.79 Å². The van der Waals surface area contributed by atoms with Crippen LogP contribution >= 0.6 is 11.6 Å². The normalized spacial score (nSPS) is 11.1. The van der Waals surface area contributed by atoms with Gasteiger partial charge in [0.1, 0.15) is 5.82 Å². The third-order valence-electron chi connectivity index (χ3n) is 4.04. The molecule has 6 heteroatoms. The maximum absolute atomic E-state index is 12.3. The van der Waals surface area contributed by atoms with Crippen molar-refractivity contribution in [1.29, 1.82) is 0 Å². The molecule has 4 aromatic rings. The van der Waals surface area contributed by atoms with E-state index in [1.807, 2.05) is 48.5 Å². The molecule has 0 aliphatic carbocycles. The van der Waals surface area contributed by atoms with Gasteiger partial charge in [-0.1, -0.05) is 54.1 Å². The first kappa shape index (κ1) is 17.0. The number of carbonyl (C=O) groups is 1. The molecule has 0 saturated carbocycles. The van der Waals surface area contributed by atoms with E-state index in [9.17, 15) is 4.79 Å².